The van der Waals surface area contributed by atoms with Gasteiger partial charge in [-0.1, -0.05) is 151 Å². The van der Waals surface area contributed by atoms with E-state index in [-0.39, 0.29) is 10.8 Å². The maximum Gasteiger partial charge on any atom is 0.0627 e. The molecule has 0 amide bonds. The molecule has 0 bridgehead atoms. The maximum absolute atomic E-state index is 2.62. The second-order valence-electron chi connectivity index (χ2n) is 20.9. The molecule has 0 spiro atoms. The lowest BCUT2D eigenvalue weighted by Gasteiger charge is -2.19. The summed E-state index contributed by atoms with van der Waals surface area (Å²) in [5, 5.41) is 16.1. The zero-order valence-electron chi connectivity index (χ0n) is 37.7. The van der Waals surface area contributed by atoms with Crippen LogP contribution in [0.2, 0.25) is 0 Å². The second kappa shape index (κ2) is 12.5. The molecule has 0 aliphatic heterocycles. The number of hydrogen-bond donors (Lipinski definition) is 0. The van der Waals surface area contributed by atoms with Gasteiger partial charge < -0.3 is 8.80 Å². The minimum absolute atomic E-state index is 0.101. The molecule has 0 saturated heterocycles. The van der Waals surface area contributed by atoms with E-state index in [4.69, 9.17) is 0 Å². The number of hydrogen-bond acceptors (Lipinski definition) is 2. The summed E-state index contributed by atoms with van der Waals surface area (Å²) in [5.41, 5.74) is 15.6. The summed E-state index contributed by atoms with van der Waals surface area (Å²) in [6.45, 7) is 13.7. The van der Waals surface area contributed by atoms with Gasteiger partial charge in [-0.15, -0.1) is 22.7 Å². The molecule has 6 aromatic heterocycles. The molecular formula is C62H44N2S2. The summed E-state index contributed by atoms with van der Waals surface area (Å²) in [6.07, 6.45) is 0. The van der Waals surface area contributed by atoms with Gasteiger partial charge in [0.15, 0.2) is 0 Å². The molecule has 15 aromatic rings. The number of rotatable bonds is 2. The van der Waals surface area contributed by atoms with Gasteiger partial charge in [0.05, 0.1) is 33.1 Å². The first kappa shape index (κ1) is 37.3. The lowest BCUT2D eigenvalue weighted by atomic mass is 9.86. The molecule has 0 aliphatic carbocycles. The molecule has 15 rings (SSSR count). The van der Waals surface area contributed by atoms with Crippen molar-refractivity contribution >= 4 is 139 Å². The summed E-state index contributed by atoms with van der Waals surface area (Å²) >= 11 is 3.85. The van der Waals surface area contributed by atoms with Crippen molar-refractivity contribution in [2.75, 3.05) is 0 Å². The van der Waals surface area contributed by atoms with Crippen LogP contribution in [-0.4, -0.2) is 8.80 Å². The number of fused-ring (bicyclic) bond motifs is 20. The van der Waals surface area contributed by atoms with Crippen LogP contribution >= 0.6 is 22.7 Å². The van der Waals surface area contributed by atoms with Crippen molar-refractivity contribution in [3.05, 3.63) is 169 Å². The molecule has 0 saturated carbocycles. The van der Waals surface area contributed by atoms with E-state index in [1.807, 2.05) is 22.7 Å². The van der Waals surface area contributed by atoms with Crippen LogP contribution in [0.3, 0.4) is 0 Å². The van der Waals surface area contributed by atoms with Crippen LogP contribution in [0.4, 0.5) is 0 Å². The summed E-state index contributed by atoms with van der Waals surface area (Å²) in [6, 6.07) is 61.0. The first-order valence-corrected chi connectivity index (χ1v) is 24.9. The highest BCUT2D eigenvalue weighted by atomic mass is 32.1. The average molecular weight is 881 g/mol. The fraction of sp³-hybridized carbons (Fsp3) is 0.129. The molecule has 314 valence electrons. The van der Waals surface area contributed by atoms with Gasteiger partial charge >= 0.3 is 0 Å². The van der Waals surface area contributed by atoms with E-state index in [9.17, 15) is 0 Å². The third kappa shape index (κ3) is 4.80. The predicted octanol–water partition coefficient (Wildman–Crippen LogP) is 18.7. The Morgan fingerprint density at radius 1 is 0.303 bits per heavy atom. The number of aromatic nitrogens is 2. The van der Waals surface area contributed by atoms with E-state index in [0.717, 1.165) is 0 Å². The molecule has 66 heavy (non-hydrogen) atoms. The van der Waals surface area contributed by atoms with Crippen molar-refractivity contribution in [3.63, 3.8) is 0 Å². The van der Waals surface area contributed by atoms with E-state index < -0.39 is 0 Å². The number of benzene rings is 9. The normalized spacial score (nSPS) is 13.3. The van der Waals surface area contributed by atoms with Crippen LogP contribution in [-0.2, 0) is 10.8 Å². The molecule has 9 aromatic carbocycles. The Labute approximate surface area is 389 Å². The van der Waals surface area contributed by atoms with Crippen molar-refractivity contribution in [1.82, 2.24) is 8.80 Å². The zero-order valence-corrected chi connectivity index (χ0v) is 39.4. The van der Waals surface area contributed by atoms with E-state index in [1.165, 1.54) is 150 Å². The van der Waals surface area contributed by atoms with E-state index in [2.05, 4.69) is 208 Å². The molecule has 0 fully saturated rings. The highest BCUT2D eigenvalue weighted by Crippen LogP contribution is 2.52. The van der Waals surface area contributed by atoms with Crippen LogP contribution in [0.15, 0.2) is 158 Å². The summed E-state index contributed by atoms with van der Waals surface area (Å²) in [4.78, 5) is 0. The van der Waals surface area contributed by atoms with E-state index >= 15 is 0 Å². The molecule has 4 heteroatoms. The van der Waals surface area contributed by atoms with E-state index in [1.54, 1.807) is 0 Å². The lowest BCUT2D eigenvalue weighted by molar-refractivity contribution is 0.590. The highest BCUT2D eigenvalue weighted by Gasteiger charge is 2.27. The molecule has 0 radical (unpaired) electrons. The molecule has 6 heterocycles. The molecule has 0 unspecified atom stereocenters. The van der Waals surface area contributed by atoms with Gasteiger partial charge in [0.2, 0.25) is 0 Å². The third-order valence-electron chi connectivity index (χ3n) is 15.1. The van der Waals surface area contributed by atoms with Gasteiger partial charge in [-0.25, -0.2) is 0 Å². The van der Waals surface area contributed by atoms with Gasteiger partial charge in [0, 0.05) is 83.4 Å². The molecule has 0 aliphatic rings. The lowest BCUT2D eigenvalue weighted by Crippen LogP contribution is -2.10. The van der Waals surface area contributed by atoms with Crippen molar-refractivity contribution in [2.24, 2.45) is 0 Å². The quantitative estimate of drug-likeness (QED) is 0.164. The Kier molecular flexibility index (Phi) is 7.04. The Morgan fingerprint density at radius 2 is 0.682 bits per heavy atom. The van der Waals surface area contributed by atoms with Crippen LogP contribution in [0, 0.1) is 0 Å². The van der Waals surface area contributed by atoms with Crippen LogP contribution in [0.5, 0.6) is 0 Å². The first-order chi connectivity index (χ1) is 32.0. The monoisotopic (exact) mass is 880 g/mol. The van der Waals surface area contributed by atoms with Crippen LogP contribution < -0.4 is 0 Å². The number of nitrogens with zero attached hydrogens (tertiary/aromatic N) is 2. The fourth-order valence-corrected chi connectivity index (χ4v) is 14.1. The molecule has 0 N–H and O–H groups in total. The Hall–Kier alpha value is -6.98. The molecule has 0 atom stereocenters. The minimum Gasteiger partial charge on any atom is -0.308 e. The first-order valence-electron chi connectivity index (χ1n) is 23.2. The predicted molar refractivity (Wildman–Crippen MR) is 290 cm³/mol. The zero-order chi connectivity index (χ0) is 44.1. The minimum atomic E-state index is 0.101. The molecule has 2 nitrogen and oxygen atoms in total. The Morgan fingerprint density at radius 3 is 1.09 bits per heavy atom. The fourth-order valence-electron chi connectivity index (χ4n) is 11.8. The largest absolute Gasteiger partial charge is 0.308 e. The van der Waals surface area contributed by atoms with Gasteiger partial charge in [-0.2, -0.15) is 0 Å². The standard InChI is InChI=1S/C62H44N2S2/c1-61(2,3)37-21-15-33(16-22-37)35-19-25-39-47(27-35)63-49-29-44-46-32-54-56(42-12-8-10-14-52(42)66-54)58-40-26-20-36(34-17-23-38(24-18-34)62(4,5)6)28-48(40)64(60(46)58)50(44)30-43(49)45-31-53-55(57(39)59(45)63)41-11-7-9-13-51(41)65-53/h7-32H,1-6H3. The Balaban J connectivity index is 1.09. The van der Waals surface area contributed by atoms with Crippen LogP contribution in [0.25, 0.3) is 139 Å². The third-order valence-corrected chi connectivity index (χ3v) is 17.3. The van der Waals surface area contributed by atoms with Crippen LogP contribution in [0.1, 0.15) is 52.7 Å². The highest BCUT2D eigenvalue weighted by molar-refractivity contribution is 7.26. The van der Waals surface area contributed by atoms with Crippen molar-refractivity contribution in [3.8, 4) is 22.3 Å². The van der Waals surface area contributed by atoms with Crippen molar-refractivity contribution in [2.45, 2.75) is 52.4 Å². The number of thiophene rings is 2. The van der Waals surface area contributed by atoms with Gasteiger partial charge in [-0.05, 0) is 92.7 Å². The van der Waals surface area contributed by atoms with Gasteiger partial charge in [0.25, 0.3) is 0 Å². The van der Waals surface area contributed by atoms with Gasteiger partial charge in [-0.3, -0.25) is 0 Å². The second-order valence-corrected chi connectivity index (χ2v) is 23.1. The van der Waals surface area contributed by atoms with Crippen molar-refractivity contribution in [1.29, 1.82) is 0 Å². The van der Waals surface area contributed by atoms with Crippen molar-refractivity contribution < 1.29 is 0 Å². The smallest absolute Gasteiger partial charge is 0.0627 e. The molecular weight excluding hydrogens is 837 g/mol. The van der Waals surface area contributed by atoms with Gasteiger partial charge in [0.1, 0.15) is 0 Å². The average Bonchev–Trinajstić information content (AvgIpc) is 4.16. The summed E-state index contributed by atoms with van der Waals surface area (Å²) < 4.78 is 10.6. The summed E-state index contributed by atoms with van der Waals surface area (Å²) in [7, 11) is 0. The maximum atomic E-state index is 2.62. The topological polar surface area (TPSA) is 8.82 Å². The Bertz CT molecular complexity index is 4260. The summed E-state index contributed by atoms with van der Waals surface area (Å²) in [5.74, 6) is 0. The SMILES string of the molecule is CC(C)(C)c1ccc(-c2ccc3c4c5c(cc6c7cc8c(cc7n(c3c2)c64)c2cc3sc4ccccc4c3c3c4ccc(-c6ccc(C(C)(C)C)cc6)cc4n8c23)sc2ccccc25)cc1. The van der Waals surface area contributed by atoms with E-state index in [0.29, 0.717) is 0 Å².